The Kier molecular flexibility index (Phi) is 5.84. The first-order chi connectivity index (χ1) is 13.3. The maximum Gasteiger partial charge on any atom is 0.250 e. The van der Waals surface area contributed by atoms with Gasteiger partial charge in [-0.3, -0.25) is 0 Å². The SMILES string of the molecule is CNc1nc(N)c2nc(NC)n(CCNS(=O)(=O)c3ccc(Cl)s3)c2c1NC. The van der Waals surface area contributed by atoms with Gasteiger partial charge in [0.2, 0.25) is 16.0 Å². The van der Waals surface area contributed by atoms with Crippen LogP contribution >= 0.6 is 22.9 Å². The first-order valence-electron chi connectivity index (χ1n) is 8.30. The Balaban J connectivity index is 1.95. The minimum absolute atomic E-state index is 0.151. The quantitative estimate of drug-likeness (QED) is 0.354. The van der Waals surface area contributed by atoms with E-state index in [1.165, 1.54) is 6.07 Å². The van der Waals surface area contributed by atoms with Crippen LogP contribution in [0.1, 0.15) is 0 Å². The Morgan fingerprint density at radius 3 is 2.50 bits per heavy atom. The van der Waals surface area contributed by atoms with E-state index in [1.807, 2.05) is 4.57 Å². The topological polar surface area (TPSA) is 139 Å². The van der Waals surface area contributed by atoms with Crippen molar-refractivity contribution in [2.24, 2.45) is 0 Å². The molecule has 3 aromatic rings. The summed E-state index contributed by atoms with van der Waals surface area (Å²) in [7, 11) is 1.61. The molecule has 3 rings (SSSR count). The minimum Gasteiger partial charge on any atom is -0.383 e. The molecule has 0 unspecified atom stereocenters. The number of halogens is 1. The van der Waals surface area contributed by atoms with Crippen LogP contribution in [-0.2, 0) is 16.6 Å². The zero-order chi connectivity index (χ0) is 20.5. The third-order valence-corrected chi connectivity index (χ3v) is 7.25. The number of sulfonamides is 1. The number of hydrogen-bond acceptors (Lipinski definition) is 9. The van der Waals surface area contributed by atoms with Gasteiger partial charge in [0.25, 0.3) is 0 Å². The Hall–Kier alpha value is -2.28. The van der Waals surface area contributed by atoms with Gasteiger partial charge in [-0.15, -0.1) is 11.3 Å². The van der Waals surface area contributed by atoms with Crippen LogP contribution in [0.3, 0.4) is 0 Å². The molecule has 3 aromatic heterocycles. The van der Waals surface area contributed by atoms with Gasteiger partial charge in [0.1, 0.15) is 20.9 Å². The maximum atomic E-state index is 12.4. The second-order valence-electron chi connectivity index (χ2n) is 5.71. The van der Waals surface area contributed by atoms with Crippen molar-refractivity contribution < 1.29 is 8.42 Å². The van der Waals surface area contributed by atoms with Crippen LogP contribution < -0.4 is 26.4 Å². The van der Waals surface area contributed by atoms with Gasteiger partial charge in [-0.2, -0.15) is 0 Å². The Labute approximate surface area is 171 Å². The molecule has 13 heteroatoms. The summed E-state index contributed by atoms with van der Waals surface area (Å²) < 4.78 is 29.9. The molecule has 6 N–H and O–H groups in total. The molecule has 0 aliphatic carbocycles. The van der Waals surface area contributed by atoms with Crippen molar-refractivity contribution in [2.45, 2.75) is 10.8 Å². The van der Waals surface area contributed by atoms with E-state index < -0.39 is 10.0 Å². The molecule has 0 aliphatic rings. The summed E-state index contributed by atoms with van der Waals surface area (Å²) in [4.78, 5) is 8.81. The Bertz CT molecular complexity index is 1110. The molecular weight excluding hydrogens is 424 g/mol. The molecule has 28 heavy (non-hydrogen) atoms. The number of nitrogen functional groups attached to an aromatic ring is 1. The summed E-state index contributed by atoms with van der Waals surface area (Å²) in [5.41, 5.74) is 8.03. The van der Waals surface area contributed by atoms with Crippen LogP contribution in [0.5, 0.6) is 0 Å². The van der Waals surface area contributed by atoms with E-state index in [0.717, 1.165) is 16.9 Å². The molecule has 0 fully saturated rings. The molecule has 152 valence electrons. The summed E-state index contributed by atoms with van der Waals surface area (Å²) in [6.07, 6.45) is 0. The number of imidazole rings is 1. The summed E-state index contributed by atoms with van der Waals surface area (Å²) in [6, 6.07) is 3.03. The molecule has 3 heterocycles. The molecular formula is C15H21ClN8O2S2. The number of anilines is 4. The van der Waals surface area contributed by atoms with Crippen molar-refractivity contribution in [1.82, 2.24) is 19.3 Å². The van der Waals surface area contributed by atoms with Crippen molar-refractivity contribution in [3.05, 3.63) is 16.5 Å². The maximum absolute atomic E-state index is 12.4. The fourth-order valence-corrected chi connectivity index (χ4v) is 5.41. The fraction of sp³-hybridized carbons (Fsp3) is 0.333. The van der Waals surface area contributed by atoms with Gasteiger partial charge in [-0.1, -0.05) is 11.6 Å². The highest BCUT2D eigenvalue weighted by Crippen LogP contribution is 2.34. The molecule has 0 aromatic carbocycles. The Morgan fingerprint density at radius 1 is 1.18 bits per heavy atom. The van der Waals surface area contributed by atoms with Gasteiger partial charge in [-0.05, 0) is 12.1 Å². The van der Waals surface area contributed by atoms with Gasteiger partial charge in [0.15, 0.2) is 11.6 Å². The van der Waals surface area contributed by atoms with E-state index in [1.54, 1.807) is 27.2 Å². The standard InChI is InChI=1S/C15H21ClN8O2S2/c1-18-11-12-10(13(17)23-14(11)19-2)22-15(20-3)24(12)7-6-21-28(25,26)9-5-4-8(16)27-9/h4-5,18,21H,6-7H2,1-3H3,(H,20,22)(H3,17,19,23). The van der Waals surface area contributed by atoms with Crippen LogP contribution in [-0.4, -0.2) is 50.6 Å². The highest BCUT2D eigenvalue weighted by molar-refractivity contribution is 7.91. The van der Waals surface area contributed by atoms with Crippen LogP contribution in [0.2, 0.25) is 4.34 Å². The predicted molar refractivity (Wildman–Crippen MR) is 115 cm³/mol. The minimum atomic E-state index is -3.64. The van der Waals surface area contributed by atoms with E-state index in [4.69, 9.17) is 17.3 Å². The van der Waals surface area contributed by atoms with E-state index >= 15 is 0 Å². The summed E-state index contributed by atoms with van der Waals surface area (Å²) in [5, 5.41) is 9.12. The average Bonchev–Trinajstić information content (AvgIpc) is 3.26. The number of rotatable bonds is 8. The van der Waals surface area contributed by atoms with Gasteiger partial charge in [0.05, 0.1) is 4.34 Å². The average molecular weight is 445 g/mol. The lowest BCUT2D eigenvalue weighted by Gasteiger charge is -2.14. The van der Waals surface area contributed by atoms with Crippen molar-refractivity contribution in [2.75, 3.05) is 49.4 Å². The molecule has 10 nitrogen and oxygen atoms in total. The predicted octanol–water partition coefficient (Wildman–Crippen LogP) is 1.83. The normalized spacial score (nSPS) is 11.7. The van der Waals surface area contributed by atoms with E-state index in [2.05, 4.69) is 30.6 Å². The van der Waals surface area contributed by atoms with Crippen LogP contribution in [0, 0.1) is 0 Å². The highest BCUT2D eigenvalue weighted by Gasteiger charge is 2.21. The van der Waals surface area contributed by atoms with Gasteiger partial charge in [0, 0.05) is 34.2 Å². The van der Waals surface area contributed by atoms with Crippen molar-refractivity contribution in [3.63, 3.8) is 0 Å². The lowest BCUT2D eigenvalue weighted by Crippen LogP contribution is -2.27. The van der Waals surface area contributed by atoms with Crippen LogP contribution in [0.25, 0.3) is 11.0 Å². The lowest BCUT2D eigenvalue weighted by atomic mass is 10.3. The number of nitrogens with two attached hydrogens (primary N) is 1. The van der Waals surface area contributed by atoms with Gasteiger partial charge >= 0.3 is 0 Å². The first kappa shape index (κ1) is 20.5. The number of fused-ring (bicyclic) bond motifs is 1. The highest BCUT2D eigenvalue weighted by atomic mass is 35.5. The monoisotopic (exact) mass is 444 g/mol. The third kappa shape index (κ3) is 3.68. The Morgan fingerprint density at radius 2 is 1.93 bits per heavy atom. The summed E-state index contributed by atoms with van der Waals surface area (Å²) in [6.45, 7) is 0.477. The molecule has 0 saturated heterocycles. The number of thiophene rings is 1. The molecule has 0 aliphatic heterocycles. The van der Waals surface area contributed by atoms with Gasteiger partial charge < -0.3 is 26.3 Å². The lowest BCUT2D eigenvalue weighted by molar-refractivity contribution is 0.577. The first-order valence-corrected chi connectivity index (χ1v) is 11.0. The molecule has 0 bridgehead atoms. The van der Waals surface area contributed by atoms with Crippen molar-refractivity contribution in [1.29, 1.82) is 0 Å². The third-order valence-electron chi connectivity index (χ3n) is 4.07. The fourth-order valence-electron chi connectivity index (χ4n) is 2.86. The summed E-state index contributed by atoms with van der Waals surface area (Å²) in [5.74, 6) is 1.40. The number of pyridine rings is 1. The van der Waals surface area contributed by atoms with Crippen LogP contribution in [0.4, 0.5) is 23.3 Å². The molecule has 0 atom stereocenters. The number of hydrogen-bond donors (Lipinski definition) is 5. The second-order valence-corrected chi connectivity index (χ2v) is 9.42. The van der Waals surface area contributed by atoms with Crippen LogP contribution in [0.15, 0.2) is 16.3 Å². The zero-order valence-electron chi connectivity index (χ0n) is 15.5. The van der Waals surface area contributed by atoms with E-state index in [9.17, 15) is 8.42 Å². The number of nitrogens with one attached hydrogen (secondary N) is 4. The summed E-state index contributed by atoms with van der Waals surface area (Å²) >= 11 is 6.84. The smallest absolute Gasteiger partial charge is 0.250 e. The van der Waals surface area contributed by atoms with E-state index in [0.29, 0.717) is 33.9 Å². The second kappa shape index (κ2) is 7.99. The molecule has 0 radical (unpaired) electrons. The molecule has 0 amide bonds. The van der Waals surface area contributed by atoms with E-state index in [-0.39, 0.29) is 16.6 Å². The van der Waals surface area contributed by atoms with Gasteiger partial charge in [-0.25, -0.2) is 23.1 Å². The largest absolute Gasteiger partial charge is 0.383 e. The van der Waals surface area contributed by atoms with Crippen molar-refractivity contribution >= 4 is 67.3 Å². The van der Waals surface area contributed by atoms with Crippen molar-refractivity contribution in [3.8, 4) is 0 Å². The zero-order valence-corrected chi connectivity index (χ0v) is 17.9. The molecule has 0 saturated carbocycles. The molecule has 0 spiro atoms. The number of aromatic nitrogens is 3. The number of nitrogens with zero attached hydrogens (tertiary/aromatic N) is 3.